The molecule has 0 radical (unpaired) electrons. The maximum absolute atomic E-state index is 10.9. The normalized spacial score (nSPS) is 35.3. The van der Waals surface area contributed by atoms with Crippen LogP contribution >= 0.6 is 0 Å². The lowest BCUT2D eigenvalue weighted by Crippen LogP contribution is -2.18. The highest BCUT2D eigenvalue weighted by Gasteiger charge is 2.44. The van der Waals surface area contributed by atoms with Crippen LogP contribution < -0.4 is 0 Å². The molecule has 0 N–H and O–H groups in total. The minimum atomic E-state index is -0.343. The Bertz CT molecular complexity index is 487. The lowest BCUT2D eigenvalue weighted by Gasteiger charge is -2.12. The summed E-state index contributed by atoms with van der Waals surface area (Å²) < 4.78 is 8.98. The molecule has 0 saturated carbocycles. The molecular formula is C16H16O6. The molecule has 22 heavy (non-hydrogen) atoms. The van der Waals surface area contributed by atoms with Crippen molar-refractivity contribution in [3.05, 3.63) is 24.3 Å². The van der Waals surface area contributed by atoms with Gasteiger partial charge in [-0.1, -0.05) is 24.3 Å². The third-order valence-electron chi connectivity index (χ3n) is 4.48. The molecule has 2 saturated heterocycles. The first-order valence-electron chi connectivity index (χ1n) is 7.39. The van der Waals surface area contributed by atoms with Crippen LogP contribution in [0.15, 0.2) is 24.3 Å². The molecule has 6 heteroatoms. The highest BCUT2D eigenvalue weighted by atomic mass is 16.6. The summed E-state index contributed by atoms with van der Waals surface area (Å²) in [7, 11) is 0. The van der Waals surface area contributed by atoms with E-state index in [9.17, 15) is 19.2 Å². The fourth-order valence-electron chi connectivity index (χ4n) is 3.17. The van der Waals surface area contributed by atoms with Crippen LogP contribution in [-0.4, -0.2) is 23.9 Å². The second kappa shape index (κ2) is 5.87. The van der Waals surface area contributed by atoms with Gasteiger partial charge >= 0.3 is 23.9 Å². The van der Waals surface area contributed by atoms with Gasteiger partial charge in [0, 0.05) is 0 Å². The Morgan fingerprint density at radius 3 is 1.00 bits per heavy atom. The van der Waals surface area contributed by atoms with E-state index in [0.717, 1.165) is 0 Å². The predicted octanol–water partition coefficient (Wildman–Crippen LogP) is 1.30. The third kappa shape index (κ3) is 2.61. The van der Waals surface area contributed by atoms with E-state index in [1.54, 1.807) is 0 Å². The number of hydrogen-bond donors (Lipinski definition) is 0. The summed E-state index contributed by atoms with van der Waals surface area (Å²) in [6.45, 7) is 0. The quantitative estimate of drug-likeness (QED) is 0.381. The van der Waals surface area contributed by atoms with Gasteiger partial charge in [0.2, 0.25) is 0 Å². The number of ether oxygens (including phenoxy) is 2. The summed E-state index contributed by atoms with van der Waals surface area (Å²) in [6.07, 6.45) is 10.4. The van der Waals surface area contributed by atoms with Gasteiger partial charge in [0.25, 0.3) is 0 Å². The van der Waals surface area contributed by atoms with Crippen molar-refractivity contribution in [2.75, 3.05) is 0 Å². The molecule has 4 unspecified atom stereocenters. The number of carbonyl (C=O) groups is 4. The van der Waals surface area contributed by atoms with Crippen molar-refractivity contribution in [3.8, 4) is 0 Å². The number of carbonyl (C=O) groups excluding carboxylic acids is 4. The lowest BCUT2D eigenvalue weighted by molar-refractivity contribution is -0.155. The maximum atomic E-state index is 10.9. The highest BCUT2D eigenvalue weighted by molar-refractivity contribution is 5.97. The van der Waals surface area contributed by atoms with Crippen molar-refractivity contribution < 1.29 is 28.7 Å². The van der Waals surface area contributed by atoms with E-state index in [-0.39, 0.29) is 47.5 Å². The largest absolute Gasteiger partial charge is 0.393 e. The van der Waals surface area contributed by atoms with Gasteiger partial charge in [0.15, 0.2) is 0 Å². The zero-order chi connectivity index (χ0) is 15.7. The maximum Gasteiger partial charge on any atom is 0.317 e. The van der Waals surface area contributed by atoms with Gasteiger partial charge in [-0.2, -0.15) is 0 Å². The zero-order valence-electron chi connectivity index (χ0n) is 11.9. The first kappa shape index (κ1) is 14.7. The molecule has 4 rings (SSSR count). The van der Waals surface area contributed by atoms with Crippen LogP contribution in [0.1, 0.15) is 25.7 Å². The molecule has 0 aromatic heterocycles. The van der Waals surface area contributed by atoms with Gasteiger partial charge in [-0.15, -0.1) is 0 Å². The van der Waals surface area contributed by atoms with Crippen molar-refractivity contribution >= 4 is 23.9 Å². The zero-order valence-corrected chi connectivity index (χ0v) is 11.9. The number of hydrogen-bond acceptors (Lipinski definition) is 6. The average Bonchev–Trinajstić information content (AvgIpc) is 2.99. The Kier molecular flexibility index (Phi) is 3.92. The van der Waals surface area contributed by atoms with Gasteiger partial charge in [-0.3, -0.25) is 19.2 Å². The van der Waals surface area contributed by atoms with Gasteiger partial charge in [-0.25, -0.2) is 0 Å². The standard InChI is InChI=1S/2C8H8O3/c2*9-7-5-3-1-2-4-6(5)8(10)11-7/h2*1-2,5-6H,3-4H2. The van der Waals surface area contributed by atoms with Crippen molar-refractivity contribution in [1.82, 2.24) is 0 Å². The van der Waals surface area contributed by atoms with Crippen LogP contribution in [0.25, 0.3) is 0 Å². The highest BCUT2D eigenvalue weighted by Crippen LogP contribution is 2.33. The van der Waals surface area contributed by atoms with E-state index < -0.39 is 0 Å². The van der Waals surface area contributed by atoms with Crippen LogP contribution in [-0.2, 0) is 28.7 Å². The first-order chi connectivity index (χ1) is 10.6. The molecule has 0 spiro atoms. The van der Waals surface area contributed by atoms with Crippen LogP contribution in [0.3, 0.4) is 0 Å². The first-order valence-corrected chi connectivity index (χ1v) is 7.39. The minimum Gasteiger partial charge on any atom is -0.393 e. The third-order valence-corrected chi connectivity index (χ3v) is 4.48. The van der Waals surface area contributed by atoms with E-state index in [1.165, 1.54) is 0 Å². The monoisotopic (exact) mass is 304 g/mol. The predicted molar refractivity (Wildman–Crippen MR) is 72.9 cm³/mol. The summed E-state index contributed by atoms with van der Waals surface area (Å²) in [5, 5.41) is 0. The number of esters is 4. The van der Waals surface area contributed by atoms with Gasteiger partial charge in [0.05, 0.1) is 23.7 Å². The van der Waals surface area contributed by atoms with Crippen molar-refractivity contribution in [2.45, 2.75) is 25.7 Å². The summed E-state index contributed by atoms with van der Waals surface area (Å²) >= 11 is 0. The second-order valence-corrected chi connectivity index (χ2v) is 5.79. The molecule has 2 aliphatic carbocycles. The van der Waals surface area contributed by atoms with Gasteiger partial charge in [-0.05, 0) is 25.7 Å². The van der Waals surface area contributed by atoms with Crippen LogP contribution in [0.2, 0.25) is 0 Å². The van der Waals surface area contributed by atoms with Crippen molar-refractivity contribution in [1.29, 1.82) is 0 Å². The Balaban J connectivity index is 0.000000131. The minimum absolute atomic E-state index is 0.188. The number of fused-ring (bicyclic) bond motifs is 2. The molecule has 2 fully saturated rings. The molecule has 116 valence electrons. The van der Waals surface area contributed by atoms with Crippen LogP contribution in [0, 0.1) is 23.7 Å². The fraction of sp³-hybridized carbons (Fsp3) is 0.500. The molecular weight excluding hydrogens is 288 g/mol. The number of allylic oxidation sites excluding steroid dienone is 4. The molecule has 0 amide bonds. The molecule has 0 aromatic rings. The average molecular weight is 304 g/mol. The Morgan fingerprint density at radius 2 is 0.773 bits per heavy atom. The smallest absolute Gasteiger partial charge is 0.317 e. The topological polar surface area (TPSA) is 86.7 Å². The van der Waals surface area contributed by atoms with Crippen molar-refractivity contribution in [2.24, 2.45) is 23.7 Å². The van der Waals surface area contributed by atoms with Gasteiger partial charge < -0.3 is 9.47 Å². The molecule has 2 heterocycles. The van der Waals surface area contributed by atoms with Crippen LogP contribution in [0.5, 0.6) is 0 Å². The van der Waals surface area contributed by atoms with Crippen molar-refractivity contribution in [3.63, 3.8) is 0 Å². The number of rotatable bonds is 0. The summed E-state index contributed by atoms with van der Waals surface area (Å²) in [6, 6.07) is 0. The molecule has 0 bridgehead atoms. The summed E-state index contributed by atoms with van der Waals surface area (Å²) in [4.78, 5) is 43.8. The fourth-order valence-corrected chi connectivity index (χ4v) is 3.17. The van der Waals surface area contributed by atoms with E-state index in [2.05, 4.69) is 9.47 Å². The summed E-state index contributed by atoms with van der Waals surface area (Å²) in [5.41, 5.74) is 0. The molecule has 0 aromatic carbocycles. The molecule has 4 aliphatic rings. The second-order valence-electron chi connectivity index (χ2n) is 5.79. The molecule has 6 nitrogen and oxygen atoms in total. The molecule has 2 aliphatic heterocycles. The Labute approximate surface area is 127 Å². The van der Waals surface area contributed by atoms with E-state index >= 15 is 0 Å². The van der Waals surface area contributed by atoms with E-state index in [0.29, 0.717) is 25.7 Å². The molecule has 4 atom stereocenters. The lowest BCUT2D eigenvalue weighted by atomic mass is 9.85. The Hall–Kier alpha value is -2.24. The summed E-state index contributed by atoms with van der Waals surface area (Å²) in [5.74, 6) is -2.12. The van der Waals surface area contributed by atoms with E-state index in [4.69, 9.17) is 0 Å². The van der Waals surface area contributed by atoms with Gasteiger partial charge in [0.1, 0.15) is 0 Å². The SMILES string of the molecule is O=C1OC(=O)C2CC=CCC12.O=C1OC(=O)C2CC=CCC12. The van der Waals surface area contributed by atoms with Crippen LogP contribution in [0.4, 0.5) is 0 Å². The van der Waals surface area contributed by atoms with E-state index in [1.807, 2.05) is 24.3 Å². The Morgan fingerprint density at radius 1 is 0.545 bits per heavy atom. The number of cyclic esters (lactones) is 4.